The predicted octanol–water partition coefficient (Wildman–Crippen LogP) is 3.02. The number of ether oxygens (including phenoxy) is 1. The van der Waals surface area contributed by atoms with Gasteiger partial charge in [0.15, 0.2) is 5.96 Å². The van der Waals surface area contributed by atoms with E-state index in [-0.39, 0.29) is 24.0 Å². The zero-order valence-corrected chi connectivity index (χ0v) is 19.2. The van der Waals surface area contributed by atoms with Crippen LogP contribution >= 0.6 is 24.0 Å². The smallest absolute Gasteiger partial charge is 0.191 e. The fourth-order valence-electron chi connectivity index (χ4n) is 3.25. The summed E-state index contributed by atoms with van der Waals surface area (Å²) in [6.45, 7) is 8.94. The maximum Gasteiger partial charge on any atom is 0.191 e. The summed E-state index contributed by atoms with van der Waals surface area (Å²) >= 11 is 0. The van der Waals surface area contributed by atoms with Gasteiger partial charge in [-0.15, -0.1) is 24.0 Å². The molecule has 0 saturated carbocycles. The molecule has 2 N–H and O–H groups in total. The minimum atomic E-state index is 0. The van der Waals surface area contributed by atoms with Gasteiger partial charge in [-0.3, -0.25) is 4.99 Å². The number of aromatic nitrogens is 1. The van der Waals surface area contributed by atoms with Gasteiger partial charge in [0, 0.05) is 45.0 Å². The van der Waals surface area contributed by atoms with E-state index >= 15 is 0 Å². The van der Waals surface area contributed by atoms with Crippen LogP contribution in [0.2, 0.25) is 0 Å². The fourth-order valence-corrected chi connectivity index (χ4v) is 3.25. The van der Waals surface area contributed by atoms with E-state index < -0.39 is 0 Å². The molecule has 3 rings (SSSR count). The lowest BCUT2D eigenvalue weighted by molar-refractivity contribution is 0.122. The quantitative estimate of drug-likeness (QED) is 0.380. The largest absolute Gasteiger partial charge is 0.378 e. The molecule has 1 aliphatic rings. The number of anilines is 1. The summed E-state index contributed by atoms with van der Waals surface area (Å²) in [5.41, 5.74) is 5.01. The molecule has 152 valence electrons. The number of aliphatic imine (C=N–C) groups is 1. The Balaban J connectivity index is 0.00000280. The minimum absolute atomic E-state index is 0. The number of hydrogen-bond acceptors (Lipinski definition) is 4. The maximum atomic E-state index is 5.45. The van der Waals surface area contributed by atoms with E-state index in [1.807, 2.05) is 12.3 Å². The number of nitrogens with zero attached hydrogens (tertiary/aromatic N) is 3. The van der Waals surface area contributed by atoms with Crippen molar-refractivity contribution in [1.82, 2.24) is 15.6 Å². The van der Waals surface area contributed by atoms with Crippen molar-refractivity contribution < 1.29 is 4.74 Å². The van der Waals surface area contributed by atoms with E-state index in [0.717, 1.165) is 50.2 Å². The van der Waals surface area contributed by atoms with Gasteiger partial charge in [-0.05, 0) is 31.0 Å². The molecule has 0 bridgehead atoms. The number of benzene rings is 1. The second-order valence-electron chi connectivity index (χ2n) is 6.79. The highest BCUT2D eigenvalue weighted by molar-refractivity contribution is 14.0. The zero-order chi connectivity index (χ0) is 19.1. The number of guanidine groups is 1. The third-order valence-electron chi connectivity index (χ3n) is 4.79. The second-order valence-corrected chi connectivity index (χ2v) is 6.79. The summed E-state index contributed by atoms with van der Waals surface area (Å²) in [5, 5.41) is 6.81. The van der Waals surface area contributed by atoms with Crippen molar-refractivity contribution in [3.8, 4) is 0 Å². The lowest BCUT2D eigenvalue weighted by Crippen LogP contribution is -2.39. The van der Waals surface area contributed by atoms with Crippen LogP contribution in [-0.4, -0.2) is 44.3 Å². The van der Waals surface area contributed by atoms with Gasteiger partial charge in [-0.2, -0.15) is 0 Å². The van der Waals surface area contributed by atoms with Crippen LogP contribution in [-0.2, 0) is 17.8 Å². The Morgan fingerprint density at radius 2 is 1.82 bits per heavy atom. The molecular formula is C21H30IN5O. The summed E-state index contributed by atoms with van der Waals surface area (Å²) in [7, 11) is 1.80. The third-order valence-corrected chi connectivity index (χ3v) is 4.79. The first-order valence-corrected chi connectivity index (χ1v) is 9.44. The first-order valence-electron chi connectivity index (χ1n) is 9.44. The number of aryl methyl sites for hydroxylation is 2. The van der Waals surface area contributed by atoms with Crippen LogP contribution in [0.4, 0.5) is 5.82 Å². The van der Waals surface area contributed by atoms with Crippen LogP contribution in [0.15, 0.2) is 41.5 Å². The average molecular weight is 495 g/mol. The number of morpholine rings is 1. The van der Waals surface area contributed by atoms with Crippen molar-refractivity contribution >= 4 is 35.8 Å². The Morgan fingerprint density at radius 3 is 2.50 bits per heavy atom. The van der Waals surface area contributed by atoms with Gasteiger partial charge in [-0.1, -0.05) is 29.8 Å². The first-order chi connectivity index (χ1) is 13.2. The van der Waals surface area contributed by atoms with Gasteiger partial charge < -0.3 is 20.3 Å². The fraction of sp³-hybridized carbons (Fsp3) is 0.429. The molecule has 28 heavy (non-hydrogen) atoms. The highest BCUT2D eigenvalue weighted by Crippen LogP contribution is 2.18. The molecule has 1 aromatic heterocycles. The van der Waals surface area contributed by atoms with E-state index in [0.29, 0.717) is 6.54 Å². The normalized spacial score (nSPS) is 14.4. The van der Waals surface area contributed by atoms with Gasteiger partial charge in [-0.25, -0.2) is 4.98 Å². The van der Waals surface area contributed by atoms with Crippen LogP contribution in [0.1, 0.15) is 22.3 Å². The van der Waals surface area contributed by atoms with Crippen LogP contribution in [0.25, 0.3) is 0 Å². The summed E-state index contributed by atoms with van der Waals surface area (Å²) < 4.78 is 5.45. The third kappa shape index (κ3) is 6.07. The van der Waals surface area contributed by atoms with E-state index in [1.54, 1.807) is 7.05 Å². The van der Waals surface area contributed by atoms with Crippen molar-refractivity contribution in [3.05, 3.63) is 58.8 Å². The Bertz CT molecular complexity index is 790. The Morgan fingerprint density at radius 1 is 1.11 bits per heavy atom. The van der Waals surface area contributed by atoms with Gasteiger partial charge in [0.05, 0.1) is 13.2 Å². The Labute approximate surface area is 184 Å². The molecule has 0 spiro atoms. The average Bonchev–Trinajstić information content (AvgIpc) is 2.70. The minimum Gasteiger partial charge on any atom is -0.378 e. The number of nitrogens with one attached hydrogen (secondary N) is 2. The predicted molar refractivity (Wildman–Crippen MR) is 126 cm³/mol. The summed E-state index contributed by atoms with van der Waals surface area (Å²) in [6.07, 6.45) is 1.85. The molecule has 1 aliphatic heterocycles. The van der Waals surface area contributed by atoms with Crippen molar-refractivity contribution in [2.75, 3.05) is 38.3 Å². The summed E-state index contributed by atoms with van der Waals surface area (Å²) in [5.74, 6) is 1.81. The van der Waals surface area contributed by atoms with E-state index in [1.165, 1.54) is 16.7 Å². The Hall–Kier alpha value is -1.87. The molecule has 0 radical (unpaired) electrons. The lowest BCUT2D eigenvalue weighted by atomic mass is 10.1. The molecule has 2 aromatic rings. The van der Waals surface area contributed by atoms with Crippen LogP contribution < -0.4 is 15.5 Å². The highest BCUT2D eigenvalue weighted by atomic mass is 127. The molecule has 0 amide bonds. The number of halogens is 1. The first kappa shape index (κ1) is 22.4. The van der Waals surface area contributed by atoms with Gasteiger partial charge >= 0.3 is 0 Å². The van der Waals surface area contributed by atoms with Crippen molar-refractivity contribution in [2.24, 2.45) is 4.99 Å². The highest BCUT2D eigenvalue weighted by Gasteiger charge is 2.15. The molecule has 1 aromatic carbocycles. The Kier molecular flexibility index (Phi) is 8.98. The molecule has 7 heteroatoms. The molecule has 0 aliphatic carbocycles. The van der Waals surface area contributed by atoms with Crippen molar-refractivity contribution in [1.29, 1.82) is 0 Å². The summed E-state index contributed by atoms with van der Waals surface area (Å²) in [6, 6.07) is 10.6. The van der Waals surface area contributed by atoms with Gasteiger partial charge in [0.25, 0.3) is 0 Å². The van der Waals surface area contributed by atoms with E-state index in [2.05, 4.69) is 63.6 Å². The molecule has 0 unspecified atom stereocenters. The number of pyridine rings is 1. The number of hydrogen-bond donors (Lipinski definition) is 2. The SMILES string of the molecule is CN=C(NCc1ccc(C)cc1C)NCc1cccnc1N1CCOCC1.I. The topological polar surface area (TPSA) is 61.8 Å². The maximum absolute atomic E-state index is 5.45. The van der Waals surface area contributed by atoms with E-state index in [4.69, 9.17) is 4.74 Å². The summed E-state index contributed by atoms with van der Waals surface area (Å²) in [4.78, 5) is 11.2. The molecule has 1 fully saturated rings. The standard InChI is InChI=1S/C21H29N5O.HI/c1-16-6-7-18(17(2)13-16)14-24-21(22-3)25-15-19-5-4-8-23-20(19)26-9-11-27-12-10-26;/h4-8,13H,9-12,14-15H2,1-3H3,(H2,22,24,25);1H. The lowest BCUT2D eigenvalue weighted by Gasteiger charge is -2.29. The molecule has 2 heterocycles. The zero-order valence-electron chi connectivity index (χ0n) is 16.9. The van der Waals surface area contributed by atoms with Gasteiger partial charge in [0.1, 0.15) is 5.82 Å². The molecule has 0 atom stereocenters. The van der Waals surface area contributed by atoms with Crippen LogP contribution in [0.5, 0.6) is 0 Å². The van der Waals surface area contributed by atoms with Gasteiger partial charge in [0.2, 0.25) is 0 Å². The number of rotatable bonds is 5. The molecular weight excluding hydrogens is 465 g/mol. The monoisotopic (exact) mass is 495 g/mol. The molecule has 1 saturated heterocycles. The van der Waals surface area contributed by atoms with Crippen LogP contribution in [0.3, 0.4) is 0 Å². The van der Waals surface area contributed by atoms with E-state index in [9.17, 15) is 0 Å². The van der Waals surface area contributed by atoms with Crippen LogP contribution in [0, 0.1) is 13.8 Å². The van der Waals surface area contributed by atoms with Crippen molar-refractivity contribution in [3.63, 3.8) is 0 Å². The molecule has 6 nitrogen and oxygen atoms in total. The van der Waals surface area contributed by atoms with Crippen molar-refractivity contribution in [2.45, 2.75) is 26.9 Å². The second kappa shape index (κ2) is 11.2.